The van der Waals surface area contributed by atoms with E-state index in [9.17, 15) is 41.1 Å². The fourth-order valence-electron chi connectivity index (χ4n) is 7.05. The van der Waals surface area contributed by atoms with Gasteiger partial charge in [-0.05, 0) is 81.8 Å². The average molecular weight is 799 g/mol. The maximum Gasteiger partial charge on any atom is 0.326 e. The topological polar surface area (TPSA) is 253 Å². The number of carbonyl (C=O) groups is 4. The summed E-state index contributed by atoms with van der Waals surface area (Å²) < 4.78 is 62.5. The van der Waals surface area contributed by atoms with E-state index in [0.29, 0.717) is 12.2 Å². The smallest absolute Gasteiger partial charge is 0.326 e. The third kappa shape index (κ3) is 9.39. The van der Waals surface area contributed by atoms with E-state index in [4.69, 9.17) is 26.2 Å². The first-order chi connectivity index (χ1) is 25.0. The van der Waals surface area contributed by atoms with E-state index in [1.54, 1.807) is 13.8 Å². The molecule has 2 amide bonds. The summed E-state index contributed by atoms with van der Waals surface area (Å²) in [6.07, 6.45) is 3.09. The second-order valence-electron chi connectivity index (χ2n) is 13.2. The number of primary sulfonamides is 1. The Bertz CT molecular complexity index is 1950. The number of benzene rings is 2. The number of hydrogen-bond acceptors (Lipinski definition) is 12. The first-order valence-corrected chi connectivity index (χ1v) is 20.5. The maximum absolute atomic E-state index is 13.6. The molecule has 1 aliphatic carbocycles. The predicted molar refractivity (Wildman–Crippen MR) is 191 cm³/mol. The zero-order valence-electron chi connectivity index (χ0n) is 29.0. The lowest BCUT2D eigenvalue weighted by molar-refractivity contribution is -0.152. The SMILES string of the molecule is CCOC(=O)[C@H](CCNC(=O)c1ccc(OCC2Nc3cc(Cl)c(S(N)(=O)=O)cc3S(=O)(=O)N2)cc1)N[C@@H](C)C(=O)N1C(C(=O)O)CC2CCCCC21. The van der Waals surface area contributed by atoms with Gasteiger partial charge in [0.25, 0.3) is 5.91 Å². The van der Waals surface area contributed by atoms with Crippen LogP contribution in [0.15, 0.2) is 46.2 Å². The molecule has 0 radical (unpaired) electrons. The number of amides is 2. The molecule has 20 heteroatoms. The van der Waals surface area contributed by atoms with Crippen LogP contribution in [-0.2, 0) is 39.2 Å². The van der Waals surface area contributed by atoms with Crippen LogP contribution in [0.1, 0.15) is 62.7 Å². The van der Waals surface area contributed by atoms with Crippen LogP contribution in [0, 0.1) is 5.92 Å². The molecule has 0 aromatic heterocycles. The van der Waals surface area contributed by atoms with Gasteiger partial charge in [0.15, 0.2) is 0 Å². The summed E-state index contributed by atoms with van der Waals surface area (Å²) in [5.74, 6) is -2.05. The molecule has 1 saturated heterocycles. The van der Waals surface area contributed by atoms with Gasteiger partial charge in [0, 0.05) is 18.2 Å². The largest absolute Gasteiger partial charge is 0.490 e. The third-order valence-electron chi connectivity index (χ3n) is 9.53. The Hall–Kier alpha value is -4.01. The Morgan fingerprint density at radius 3 is 2.49 bits per heavy atom. The van der Waals surface area contributed by atoms with E-state index in [2.05, 4.69) is 20.7 Å². The predicted octanol–water partition coefficient (Wildman–Crippen LogP) is 1.37. The molecular formula is C33H43ClN6O11S2. The van der Waals surface area contributed by atoms with Crippen LogP contribution in [0.3, 0.4) is 0 Å². The van der Waals surface area contributed by atoms with E-state index < -0.39 is 73.0 Å². The van der Waals surface area contributed by atoms with Crippen LogP contribution < -0.4 is 30.5 Å². The number of carboxylic acids is 1. The summed E-state index contributed by atoms with van der Waals surface area (Å²) in [6, 6.07) is 5.10. The Kier molecular flexibility index (Phi) is 12.6. The first-order valence-electron chi connectivity index (χ1n) is 17.1. The number of carboxylic acid groups (broad SMARTS) is 1. The fourth-order valence-corrected chi connectivity index (χ4v) is 9.53. The monoisotopic (exact) mass is 798 g/mol. The van der Waals surface area contributed by atoms with Crippen molar-refractivity contribution in [1.82, 2.24) is 20.3 Å². The van der Waals surface area contributed by atoms with Gasteiger partial charge in [-0.25, -0.2) is 26.8 Å². The lowest BCUT2D eigenvalue weighted by atomic mass is 9.84. The van der Waals surface area contributed by atoms with Crippen LogP contribution in [0.5, 0.6) is 5.75 Å². The lowest BCUT2D eigenvalue weighted by Gasteiger charge is -2.35. The molecule has 17 nitrogen and oxygen atoms in total. The summed E-state index contributed by atoms with van der Waals surface area (Å²) in [5.41, 5.74) is 0.322. The van der Waals surface area contributed by atoms with Crippen molar-refractivity contribution in [1.29, 1.82) is 0 Å². The molecular weight excluding hydrogens is 756 g/mol. The van der Waals surface area contributed by atoms with Crippen LogP contribution in [-0.4, -0.2) is 101 Å². The Labute approximate surface area is 312 Å². The normalized spacial score (nSPS) is 23.1. The molecule has 0 spiro atoms. The molecule has 53 heavy (non-hydrogen) atoms. The Balaban J connectivity index is 1.14. The number of esters is 1. The molecule has 5 rings (SSSR count). The number of rotatable bonds is 14. The number of nitrogens with zero attached hydrogens (tertiary/aromatic N) is 1. The number of ether oxygens (including phenoxy) is 2. The molecule has 2 fully saturated rings. The minimum absolute atomic E-state index is 0.0400. The molecule has 2 aromatic carbocycles. The minimum atomic E-state index is -4.27. The number of halogens is 1. The van der Waals surface area contributed by atoms with Gasteiger partial charge in [0.05, 0.1) is 23.4 Å². The summed E-state index contributed by atoms with van der Waals surface area (Å²) in [6.45, 7) is 3.18. The Morgan fingerprint density at radius 2 is 1.83 bits per heavy atom. The summed E-state index contributed by atoms with van der Waals surface area (Å²) in [5, 5.41) is 23.4. The van der Waals surface area contributed by atoms with Gasteiger partial charge in [-0.15, -0.1) is 0 Å². The number of hydrogen-bond donors (Lipinski definition) is 6. The molecule has 3 aliphatic rings. The van der Waals surface area contributed by atoms with Crippen molar-refractivity contribution in [2.45, 2.75) is 92.5 Å². The van der Waals surface area contributed by atoms with Crippen molar-refractivity contribution in [3.63, 3.8) is 0 Å². The number of nitrogens with two attached hydrogens (primary N) is 1. The average Bonchev–Trinajstić information content (AvgIpc) is 3.49. The lowest BCUT2D eigenvalue weighted by Crippen LogP contribution is -2.56. The highest BCUT2D eigenvalue weighted by Crippen LogP contribution is 2.40. The second-order valence-corrected chi connectivity index (χ2v) is 16.8. The molecule has 4 unspecified atom stereocenters. The number of anilines is 1. The number of likely N-dealkylation sites (tertiary alicyclic amines) is 1. The van der Waals surface area contributed by atoms with Crippen LogP contribution in [0.4, 0.5) is 5.69 Å². The van der Waals surface area contributed by atoms with E-state index >= 15 is 0 Å². The Morgan fingerprint density at radius 1 is 1.13 bits per heavy atom. The minimum Gasteiger partial charge on any atom is -0.490 e. The molecule has 290 valence electrons. The van der Waals surface area contributed by atoms with Crippen LogP contribution in [0.2, 0.25) is 5.02 Å². The molecule has 1 saturated carbocycles. The second kappa shape index (κ2) is 16.6. The first kappa shape index (κ1) is 40.2. The van der Waals surface area contributed by atoms with Gasteiger partial charge in [-0.2, -0.15) is 4.72 Å². The van der Waals surface area contributed by atoms with Gasteiger partial charge in [-0.3, -0.25) is 19.7 Å². The van der Waals surface area contributed by atoms with E-state index in [-0.39, 0.29) is 59.3 Å². The quantitative estimate of drug-likeness (QED) is 0.148. The van der Waals surface area contributed by atoms with E-state index in [0.717, 1.165) is 37.8 Å². The molecule has 2 aromatic rings. The van der Waals surface area contributed by atoms with Crippen molar-refractivity contribution in [2.75, 3.05) is 25.1 Å². The zero-order valence-corrected chi connectivity index (χ0v) is 31.4. The highest BCUT2D eigenvalue weighted by Gasteiger charge is 2.48. The van der Waals surface area contributed by atoms with Crippen molar-refractivity contribution in [3.05, 3.63) is 47.0 Å². The highest BCUT2D eigenvalue weighted by atomic mass is 35.5. The van der Waals surface area contributed by atoms with Crippen LogP contribution >= 0.6 is 11.6 Å². The zero-order chi connectivity index (χ0) is 38.7. The van der Waals surface area contributed by atoms with Gasteiger partial charge in [-0.1, -0.05) is 24.4 Å². The molecule has 0 bridgehead atoms. The van der Waals surface area contributed by atoms with E-state index in [1.165, 1.54) is 29.2 Å². The maximum atomic E-state index is 13.6. The molecule has 2 aliphatic heterocycles. The van der Waals surface area contributed by atoms with Crippen molar-refractivity contribution in [2.24, 2.45) is 11.1 Å². The number of nitrogens with one attached hydrogen (secondary N) is 4. The van der Waals surface area contributed by atoms with Gasteiger partial charge < -0.3 is 30.1 Å². The van der Waals surface area contributed by atoms with Gasteiger partial charge >= 0.3 is 11.9 Å². The molecule has 6 atom stereocenters. The van der Waals surface area contributed by atoms with E-state index in [1.807, 2.05) is 0 Å². The number of sulfonamides is 2. The number of carbonyl (C=O) groups excluding carboxylic acids is 3. The van der Waals surface area contributed by atoms with Crippen molar-refractivity contribution in [3.8, 4) is 5.75 Å². The van der Waals surface area contributed by atoms with Crippen molar-refractivity contribution < 1.29 is 50.6 Å². The van der Waals surface area contributed by atoms with Gasteiger partial charge in [0.2, 0.25) is 26.0 Å². The van der Waals surface area contributed by atoms with Gasteiger partial charge in [0.1, 0.15) is 40.4 Å². The molecule has 7 N–H and O–H groups in total. The summed E-state index contributed by atoms with van der Waals surface area (Å²) in [4.78, 5) is 52.0. The van der Waals surface area contributed by atoms with Crippen molar-refractivity contribution >= 4 is 61.1 Å². The number of fused-ring (bicyclic) bond motifs is 2. The van der Waals surface area contributed by atoms with Crippen LogP contribution in [0.25, 0.3) is 0 Å². The standard InChI is InChI=1S/C33H43ClN6O11S2/c1-3-50-33(45)23(37-18(2)31(42)40-25-7-5-4-6-20(25)14-26(40)32(43)44)12-13-36-30(41)19-8-10-21(11-9-19)51-17-29-38-24-15-22(34)27(52(35,46)47)16-28(24)53(48,49)39-29/h8-11,15-16,18,20,23,25-26,29,37-39H,3-7,12-14,17H2,1-2H3,(H,36,41)(H,43,44)(H2,35,46,47)/t18-,20?,23-,25?,26?,29?/m0/s1. The third-order valence-corrected chi connectivity index (χ3v) is 12.4. The number of aliphatic carboxylic acids is 1. The highest BCUT2D eigenvalue weighted by molar-refractivity contribution is 7.90. The summed E-state index contributed by atoms with van der Waals surface area (Å²) >= 11 is 6.03. The fraction of sp³-hybridized carbons (Fsp3) is 0.515. The molecule has 2 heterocycles. The summed E-state index contributed by atoms with van der Waals surface area (Å²) in [7, 11) is -8.43.